The highest BCUT2D eigenvalue weighted by Gasteiger charge is 2.14. The van der Waals surface area contributed by atoms with E-state index in [0.717, 1.165) is 8.26 Å². The third kappa shape index (κ3) is 3.29. The lowest BCUT2D eigenvalue weighted by Gasteiger charge is -2.01. The van der Waals surface area contributed by atoms with Crippen LogP contribution in [-0.2, 0) is 6.42 Å². The van der Waals surface area contributed by atoms with Gasteiger partial charge in [-0.05, 0) is 55.6 Å². The third-order valence-electron chi connectivity index (χ3n) is 2.29. The van der Waals surface area contributed by atoms with E-state index in [1.165, 1.54) is 17.4 Å². The maximum absolute atomic E-state index is 13.6. The molecule has 0 radical (unpaired) electrons. The fourth-order valence-corrected chi connectivity index (χ4v) is 3.72. The number of benzene rings is 1. The number of carbonyl (C=O) groups is 1. The van der Waals surface area contributed by atoms with Crippen molar-refractivity contribution in [3.8, 4) is 0 Å². The number of hydrogen-bond acceptors (Lipinski definition) is 2. The number of halogens is 4. The summed E-state index contributed by atoms with van der Waals surface area (Å²) >= 11 is 11.2. The Morgan fingerprint density at radius 3 is 2.50 bits per heavy atom. The van der Waals surface area contributed by atoms with E-state index in [9.17, 15) is 9.18 Å². The lowest BCUT2D eigenvalue weighted by molar-refractivity contribution is 0.0995. The zero-order valence-corrected chi connectivity index (χ0v) is 14.4. The number of Topliss-reactive ketones (excluding diaryl/α,β-unsaturated/α-hetero) is 1. The van der Waals surface area contributed by atoms with Crippen LogP contribution in [0.25, 0.3) is 0 Å². The minimum absolute atomic E-state index is 0.0680. The Morgan fingerprint density at radius 2 is 1.94 bits per heavy atom. The van der Waals surface area contributed by atoms with Crippen molar-refractivity contribution in [3.63, 3.8) is 0 Å². The molecule has 0 spiro atoms. The van der Waals surface area contributed by atoms with Crippen molar-refractivity contribution in [2.24, 2.45) is 0 Å². The molecule has 0 saturated heterocycles. The van der Waals surface area contributed by atoms with Crippen molar-refractivity contribution in [2.75, 3.05) is 0 Å². The highest BCUT2D eigenvalue weighted by Crippen LogP contribution is 2.33. The van der Waals surface area contributed by atoms with Gasteiger partial charge >= 0.3 is 0 Å². The minimum Gasteiger partial charge on any atom is -0.293 e. The predicted molar refractivity (Wildman–Crippen MR) is 81.9 cm³/mol. The van der Waals surface area contributed by atoms with E-state index in [4.69, 9.17) is 0 Å². The summed E-state index contributed by atoms with van der Waals surface area (Å²) in [7, 11) is 0. The Bertz CT molecular complexity index is 590. The van der Waals surface area contributed by atoms with E-state index in [2.05, 4.69) is 47.8 Å². The second-order valence-corrected chi connectivity index (χ2v) is 7.71. The maximum atomic E-state index is 13.6. The summed E-state index contributed by atoms with van der Waals surface area (Å²) in [6.45, 7) is 0. The molecular formula is C12H6Br3FOS. The second kappa shape index (κ2) is 5.94. The second-order valence-electron chi connectivity index (χ2n) is 3.57. The first-order valence-corrected chi connectivity index (χ1v) is 8.09. The van der Waals surface area contributed by atoms with Gasteiger partial charge in [0.1, 0.15) is 5.82 Å². The van der Waals surface area contributed by atoms with Crippen molar-refractivity contribution in [2.45, 2.75) is 6.42 Å². The molecule has 0 N–H and O–H groups in total. The lowest BCUT2D eigenvalue weighted by Crippen LogP contribution is -2.03. The van der Waals surface area contributed by atoms with Crippen LogP contribution in [0.5, 0.6) is 0 Å². The summed E-state index contributed by atoms with van der Waals surface area (Å²) in [5, 5.41) is 0. The van der Waals surface area contributed by atoms with E-state index in [1.54, 1.807) is 18.2 Å². The van der Waals surface area contributed by atoms with Crippen LogP contribution in [-0.4, -0.2) is 5.78 Å². The highest BCUT2D eigenvalue weighted by molar-refractivity contribution is 9.13. The Kier molecular flexibility index (Phi) is 4.75. The summed E-state index contributed by atoms with van der Waals surface area (Å²) in [5.74, 6) is -0.458. The molecule has 2 rings (SSSR count). The first kappa shape index (κ1) is 14.4. The van der Waals surface area contributed by atoms with Gasteiger partial charge in [0.05, 0.1) is 8.66 Å². The third-order valence-corrected chi connectivity index (χ3v) is 6.08. The molecule has 0 aliphatic carbocycles. The molecule has 1 aromatic heterocycles. The summed E-state index contributed by atoms with van der Waals surface area (Å²) in [6.07, 6.45) is 0.0680. The molecule has 0 fully saturated rings. The van der Waals surface area contributed by atoms with E-state index < -0.39 is 0 Å². The van der Waals surface area contributed by atoms with Crippen molar-refractivity contribution < 1.29 is 9.18 Å². The molecule has 0 bridgehead atoms. The zero-order chi connectivity index (χ0) is 13.3. The molecule has 0 unspecified atom stereocenters. The van der Waals surface area contributed by atoms with Crippen LogP contribution in [0.15, 0.2) is 37.0 Å². The molecule has 6 heteroatoms. The quantitative estimate of drug-likeness (QED) is 0.549. The monoisotopic (exact) mass is 454 g/mol. The standard InChI is InChI=1S/C12H6Br3FOS/c13-7-2-1-6(9(16)4-7)3-10(17)11-5-8(14)12(15)18-11/h1-2,4-5H,3H2. The normalized spacial score (nSPS) is 10.7. The van der Waals surface area contributed by atoms with Gasteiger partial charge in [0.25, 0.3) is 0 Å². The first-order chi connectivity index (χ1) is 8.47. The van der Waals surface area contributed by atoms with Crippen LogP contribution >= 0.6 is 59.1 Å². The average Bonchev–Trinajstić information content (AvgIpc) is 2.63. The number of rotatable bonds is 3. The van der Waals surface area contributed by atoms with Gasteiger partial charge in [-0.15, -0.1) is 11.3 Å². The average molecular weight is 457 g/mol. The Morgan fingerprint density at radius 1 is 1.22 bits per heavy atom. The van der Waals surface area contributed by atoms with Gasteiger partial charge in [0.2, 0.25) is 0 Å². The molecule has 2 aromatic rings. The van der Waals surface area contributed by atoms with E-state index >= 15 is 0 Å². The van der Waals surface area contributed by atoms with Gasteiger partial charge in [-0.25, -0.2) is 4.39 Å². The molecule has 1 aromatic carbocycles. The maximum Gasteiger partial charge on any atom is 0.177 e. The fraction of sp³-hybridized carbons (Fsp3) is 0.0833. The van der Waals surface area contributed by atoms with Crippen LogP contribution in [0.4, 0.5) is 4.39 Å². The number of ketones is 1. The topological polar surface area (TPSA) is 17.1 Å². The molecule has 94 valence electrons. The Labute approximate surface area is 133 Å². The molecule has 18 heavy (non-hydrogen) atoms. The molecule has 0 aliphatic rings. The van der Waals surface area contributed by atoms with E-state index in [0.29, 0.717) is 14.9 Å². The number of hydrogen-bond donors (Lipinski definition) is 0. The van der Waals surface area contributed by atoms with Crippen molar-refractivity contribution in [1.82, 2.24) is 0 Å². The van der Waals surface area contributed by atoms with Gasteiger partial charge in [-0.3, -0.25) is 4.79 Å². The number of thiophene rings is 1. The minimum atomic E-state index is -0.368. The molecule has 1 nitrogen and oxygen atoms in total. The van der Waals surface area contributed by atoms with Crippen molar-refractivity contribution in [1.29, 1.82) is 0 Å². The van der Waals surface area contributed by atoms with Gasteiger partial charge in [-0.1, -0.05) is 22.0 Å². The van der Waals surface area contributed by atoms with Gasteiger partial charge in [-0.2, -0.15) is 0 Å². The van der Waals surface area contributed by atoms with Crippen LogP contribution in [0, 0.1) is 5.82 Å². The van der Waals surface area contributed by atoms with Gasteiger partial charge in [0, 0.05) is 15.4 Å². The van der Waals surface area contributed by atoms with Crippen LogP contribution in [0.2, 0.25) is 0 Å². The molecular weight excluding hydrogens is 451 g/mol. The van der Waals surface area contributed by atoms with Gasteiger partial charge < -0.3 is 0 Å². The molecule has 0 saturated carbocycles. The van der Waals surface area contributed by atoms with Crippen LogP contribution < -0.4 is 0 Å². The number of carbonyl (C=O) groups excluding carboxylic acids is 1. The summed E-state index contributed by atoms with van der Waals surface area (Å²) in [4.78, 5) is 12.6. The fourth-order valence-electron chi connectivity index (χ4n) is 1.41. The molecule has 1 heterocycles. The van der Waals surface area contributed by atoms with Crippen LogP contribution in [0.1, 0.15) is 15.2 Å². The summed E-state index contributed by atoms with van der Waals surface area (Å²) in [5.41, 5.74) is 0.406. The predicted octanol–water partition coefficient (Wildman–Crippen LogP) is 5.60. The molecule has 0 aliphatic heterocycles. The SMILES string of the molecule is O=C(Cc1ccc(Br)cc1F)c1cc(Br)c(Br)s1. The van der Waals surface area contributed by atoms with E-state index in [-0.39, 0.29) is 18.0 Å². The van der Waals surface area contributed by atoms with E-state index in [1.807, 2.05) is 0 Å². The first-order valence-electron chi connectivity index (χ1n) is 4.89. The zero-order valence-electron chi connectivity index (χ0n) is 8.84. The van der Waals surface area contributed by atoms with Crippen molar-refractivity contribution in [3.05, 3.63) is 53.3 Å². The van der Waals surface area contributed by atoms with Crippen molar-refractivity contribution >= 4 is 64.9 Å². The smallest absolute Gasteiger partial charge is 0.177 e. The van der Waals surface area contributed by atoms with Gasteiger partial charge in [0.15, 0.2) is 5.78 Å². The molecule has 0 amide bonds. The Balaban J connectivity index is 2.21. The summed E-state index contributed by atoms with van der Waals surface area (Å²) in [6, 6.07) is 6.46. The highest BCUT2D eigenvalue weighted by atomic mass is 79.9. The summed E-state index contributed by atoms with van der Waals surface area (Å²) < 4.78 is 16.0. The molecule has 0 atom stereocenters. The lowest BCUT2D eigenvalue weighted by atomic mass is 10.1. The van der Waals surface area contributed by atoms with Crippen LogP contribution in [0.3, 0.4) is 0 Å². The Hall–Kier alpha value is -0.0400. The largest absolute Gasteiger partial charge is 0.293 e.